The van der Waals surface area contributed by atoms with E-state index in [1.807, 2.05) is 13.8 Å². The van der Waals surface area contributed by atoms with Gasteiger partial charge in [-0.3, -0.25) is 4.79 Å². The lowest BCUT2D eigenvalue weighted by molar-refractivity contribution is -0.119. The number of carbonyl (C=O) groups excluding carboxylic acids is 1. The Bertz CT molecular complexity index is 1390. The van der Waals surface area contributed by atoms with E-state index in [2.05, 4.69) is 10.2 Å². The maximum absolute atomic E-state index is 15.3. The van der Waals surface area contributed by atoms with Gasteiger partial charge in [0.2, 0.25) is 11.8 Å². The van der Waals surface area contributed by atoms with E-state index in [9.17, 15) is 13.2 Å². The molecule has 0 radical (unpaired) electrons. The summed E-state index contributed by atoms with van der Waals surface area (Å²) in [6.45, 7) is 4.32. The molecule has 1 aromatic heterocycles. The lowest BCUT2D eigenvalue weighted by atomic mass is 9.88. The molecule has 1 atom stereocenters. The van der Waals surface area contributed by atoms with E-state index in [4.69, 9.17) is 27.5 Å². The minimum Gasteiger partial charge on any atom is -0.420 e. The lowest BCUT2D eigenvalue weighted by Gasteiger charge is -2.24. The van der Waals surface area contributed by atoms with Crippen LogP contribution in [-0.4, -0.2) is 42.9 Å². The molecule has 0 saturated heterocycles. The molecular formula is C24H27ClFN5O4S. The number of benzene rings is 2. The topological polar surface area (TPSA) is 145 Å². The fourth-order valence-corrected chi connectivity index (χ4v) is 5.77. The highest BCUT2D eigenvalue weighted by Gasteiger charge is 2.38. The second-order valence-corrected chi connectivity index (χ2v) is 11.9. The third-order valence-corrected chi connectivity index (χ3v) is 8.20. The molecule has 9 nitrogen and oxygen atoms in total. The quantitative estimate of drug-likeness (QED) is 0.469. The molecular weight excluding hydrogens is 509 g/mol. The summed E-state index contributed by atoms with van der Waals surface area (Å²) in [5.74, 6) is -1.96. The van der Waals surface area contributed by atoms with Gasteiger partial charge < -0.3 is 20.8 Å². The number of hydrogen-bond donors (Lipinski definition) is 2. The van der Waals surface area contributed by atoms with Crippen molar-refractivity contribution in [3.05, 3.63) is 58.7 Å². The van der Waals surface area contributed by atoms with Crippen LogP contribution in [0, 0.1) is 5.82 Å². The van der Waals surface area contributed by atoms with Crippen LogP contribution < -0.4 is 16.4 Å². The maximum Gasteiger partial charge on any atom is 0.250 e. The van der Waals surface area contributed by atoms with Crippen molar-refractivity contribution in [2.24, 2.45) is 11.5 Å². The van der Waals surface area contributed by atoms with E-state index in [-0.39, 0.29) is 28.6 Å². The Morgan fingerprint density at radius 2 is 1.92 bits per heavy atom. The summed E-state index contributed by atoms with van der Waals surface area (Å²) in [5.41, 5.74) is 11.6. The zero-order valence-corrected chi connectivity index (χ0v) is 21.4. The van der Waals surface area contributed by atoms with Crippen molar-refractivity contribution < 1.29 is 22.0 Å². The highest BCUT2D eigenvalue weighted by Crippen LogP contribution is 2.38. The van der Waals surface area contributed by atoms with Crippen molar-refractivity contribution >= 4 is 33.0 Å². The highest BCUT2D eigenvalue weighted by atomic mass is 35.5. The maximum atomic E-state index is 15.3. The van der Waals surface area contributed by atoms with E-state index in [0.717, 1.165) is 12.5 Å². The van der Waals surface area contributed by atoms with Gasteiger partial charge in [0.1, 0.15) is 5.82 Å². The Balaban J connectivity index is 1.83. The SMILES string of the molecule is CC(C)(CCCN)c1nnc(-c2cc3c(cc2F)S(=O)(=O)C[C@H](N)C(=O)N3Cc2ccc(Cl)cc2)o1. The van der Waals surface area contributed by atoms with Crippen LogP contribution in [0.15, 0.2) is 45.7 Å². The number of fused-ring (bicyclic) bond motifs is 1. The minimum absolute atomic E-state index is 0.00149. The standard InChI is InChI=1S/C24H27ClFN5O4S/c1-24(2,8-3-9-27)23-30-29-21(35-23)16-10-19-20(11-17(16)26)36(33,34)13-18(28)22(32)31(19)12-14-4-6-15(25)7-5-14/h4-7,10-11,18H,3,8-9,12-13,27-28H2,1-2H3/t18-/m0/s1. The molecule has 0 unspecified atom stereocenters. The van der Waals surface area contributed by atoms with Gasteiger partial charge in [0.25, 0.3) is 5.89 Å². The third kappa shape index (κ3) is 5.15. The Kier molecular flexibility index (Phi) is 7.20. The molecule has 0 spiro atoms. The normalized spacial score (nSPS) is 17.7. The molecule has 3 aromatic rings. The molecule has 4 N–H and O–H groups in total. The lowest BCUT2D eigenvalue weighted by Crippen LogP contribution is -2.45. The van der Waals surface area contributed by atoms with Gasteiger partial charge in [-0.25, -0.2) is 12.8 Å². The number of carbonyl (C=O) groups is 1. The second kappa shape index (κ2) is 9.89. The Labute approximate surface area is 213 Å². The van der Waals surface area contributed by atoms with Crippen molar-refractivity contribution in [1.29, 1.82) is 0 Å². The summed E-state index contributed by atoms with van der Waals surface area (Å²) < 4.78 is 47.1. The predicted octanol–water partition coefficient (Wildman–Crippen LogP) is 3.19. The largest absolute Gasteiger partial charge is 0.420 e. The number of rotatable bonds is 7. The number of nitrogens with two attached hydrogens (primary N) is 2. The minimum atomic E-state index is -4.07. The fourth-order valence-electron chi connectivity index (χ4n) is 4.08. The molecule has 2 heterocycles. The number of nitrogens with zero attached hydrogens (tertiary/aromatic N) is 3. The molecule has 2 aromatic carbocycles. The molecule has 1 amide bonds. The van der Waals surface area contributed by atoms with Crippen molar-refractivity contribution in [2.45, 2.75) is 49.6 Å². The van der Waals surface area contributed by atoms with Crippen LogP contribution in [0.4, 0.5) is 10.1 Å². The number of amides is 1. The van der Waals surface area contributed by atoms with E-state index in [1.54, 1.807) is 24.3 Å². The molecule has 1 aliphatic rings. The zero-order chi connectivity index (χ0) is 26.3. The van der Waals surface area contributed by atoms with Gasteiger partial charge in [-0.2, -0.15) is 0 Å². The van der Waals surface area contributed by atoms with Crippen LogP contribution in [0.2, 0.25) is 5.02 Å². The monoisotopic (exact) mass is 535 g/mol. The summed E-state index contributed by atoms with van der Waals surface area (Å²) in [4.78, 5) is 14.1. The average molecular weight is 536 g/mol. The van der Waals surface area contributed by atoms with Gasteiger partial charge >= 0.3 is 0 Å². The van der Waals surface area contributed by atoms with Crippen molar-refractivity contribution in [2.75, 3.05) is 17.2 Å². The zero-order valence-electron chi connectivity index (χ0n) is 19.9. The molecule has 0 saturated carbocycles. The van der Waals surface area contributed by atoms with Crippen LogP contribution in [-0.2, 0) is 26.6 Å². The first-order valence-electron chi connectivity index (χ1n) is 11.3. The van der Waals surface area contributed by atoms with Crippen molar-refractivity contribution in [1.82, 2.24) is 10.2 Å². The van der Waals surface area contributed by atoms with Crippen molar-refractivity contribution in [3.63, 3.8) is 0 Å². The molecule has 36 heavy (non-hydrogen) atoms. The van der Waals surface area contributed by atoms with E-state index < -0.39 is 38.8 Å². The Morgan fingerprint density at radius 3 is 2.58 bits per heavy atom. The second-order valence-electron chi connectivity index (χ2n) is 9.43. The fraction of sp³-hybridized carbons (Fsp3) is 0.375. The molecule has 1 aliphatic heterocycles. The number of aromatic nitrogens is 2. The van der Waals surface area contributed by atoms with E-state index in [0.29, 0.717) is 29.4 Å². The Morgan fingerprint density at radius 1 is 1.22 bits per heavy atom. The van der Waals surface area contributed by atoms with Crippen LogP contribution in [0.25, 0.3) is 11.5 Å². The summed E-state index contributed by atoms with van der Waals surface area (Å²) in [6.07, 6.45) is 1.41. The van der Waals surface area contributed by atoms with E-state index in [1.165, 1.54) is 11.0 Å². The summed E-state index contributed by atoms with van der Waals surface area (Å²) >= 11 is 5.97. The first-order chi connectivity index (χ1) is 16.9. The summed E-state index contributed by atoms with van der Waals surface area (Å²) in [5, 5.41) is 8.59. The van der Waals surface area contributed by atoms with Gasteiger partial charge in [0, 0.05) is 10.4 Å². The predicted molar refractivity (Wildman–Crippen MR) is 134 cm³/mol. The van der Waals surface area contributed by atoms with Crippen molar-refractivity contribution in [3.8, 4) is 11.5 Å². The number of sulfone groups is 1. The first kappa shape index (κ1) is 26.2. The Hall–Kier alpha value is -2.86. The van der Waals surface area contributed by atoms with E-state index >= 15 is 4.39 Å². The number of halogens is 2. The van der Waals surface area contributed by atoms with Crippen LogP contribution in [0.1, 0.15) is 38.1 Å². The smallest absolute Gasteiger partial charge is 0.250 e. The first-order valence-corrected chi connectivity index (χ1v) is 13.4. The van der Waals surface area contributed by atoms with Gasteiger partial charge in [-0.1, -0.05) is 37.6 Å². The number of hydrogen-bond acceptors (Lipinski definition) is 8. The van der Waals surface area contributed by atoms with Crippen LogP contribution >= 0.6 is 11.6 Å². The molecule has 192 valence electrons. The third-order valence-electron chi connectivity index (χ3n) is 6.15. The van der Waals surface area contributed by atoms with Gasteiger partial charge in [-0.05, 0) is 49.2 Å². The highest BCUT2D eigenvalue weighted by molar-refractivity contribution is 7.91. The average Bonchev–Trinajstić information content (AvgIpc) is 3.31. The van der Waals surface area contributed by atoms with Crippen LogP contribution in [0.5, 0.6) is 0 Å². The van der Waals surface area contributed by atoms with Gasteiger partial charge in [0.05, 0.1) is 34.5 Å². The molecule has 0 fully saturated rings. The molecule has 0 aliphatic carbocycles. The number of anilines is 1. The molecule has 4 rings (SSSR count). The van der Waals surface area contributed by atoms with Crippen LogP contribution in [0.3, 0.4) is 0 Å². The summed E-state index contributed by atoms with van der Waals surface area (Å²) in [6, 6.07) is 7.52. The molecule has 0 bridgehead atoms. The summed E-state index contributed by atoms with van der Waals surface area (Å²) in [7, 11) is -4.07. The van der Waals surface area contributed by atoms with Gasteiger partial charge in [-0.15, -0.1) is 10.2 Å². The molecule has 12 heteroatoms. The van der Waals surface area contributed by atoms with Gasteiger partial charge in [0.15, 0.2) is 9.84 Å².